The van der Waals surface area contributed by atoms with Gasteiger partial charge >= 0.3 is 19.3 Å². The predicted octanol–water partition coefficient (Wildman–Crippen LogP) is 4.68. The van der Waals surface area contributed by atoms with Crippen LogP contribution in [0, 0.1) is 5.82 Å². The fourth-order valence-corrected chi connectivity index (χ4v) is 7.38. The molecule has 11 nitrogen and oxygen atoms in total. The van der Waals surface area contributed by atoms with Gasteiger partial charge in [0.1, 0.15) is 27.3 Å². The lowest BCUT2D eigenvalue weighted by molar-refractivity contribution is 0.00578. The molecule has 1 saturated heterocycles. The highest BCUT2D eigenvalue weighted by Gasteiger charge is 2.72. The Kier molecular flexibility index (Phi) is 7.64. The zero-order valence-corrected chi connectivity index (χ0v) is 27.9. The third-order valence-corrected chi connectivity index (χ3v) is 11.1. The Bertz CT molecular complexity index is 1430. The normalized spacial score (nSPS) is 25.3. The number of amides is 2. The molecule has 2 heterocycles. The maximum Gasteiger partial charge on any atom is 0.494 e. The van der Waals surface area contributed by atoms with E-state index >= 15 is 4.39 Å². The molecule has 1 saturated carbocycles. The van der Waals surface area contributed by atoms with Gasteiger partial charge in [-0.3, -0.25) is 0 Å². The van der Waals surface area contributed by atoms with Crippen LogP contribution in [0.15, 0.2) is 23.2 Å². The summed E-state index contributed by atoms with van der Waals surface area (Å²) in [6, 6.07) is 4.23. The van der Waals surface area contributed by atoms with Crippen molar-refractivity contribution < 1.29 is 41.2 Å². The summed E-state index contributed by atoms with van der Waals surface area (Å²) in [5, 5.41) is 0. The summed E-state index contributed by atoms with van der Waals surface area (Å²) in [6.45, 7) is 18.6. The van der Waals surface area contributed by atoms with E-state index in [1.165, 1.54) is 32.2 Å². The molecule has 1 atom stereocenters. The highest BCUT2D eigenvalue weighted by Crippen LogP contribution is 2.61. The number of nitrogens with zero attached hydrogens (tertiary/aromatic N) is 3. The van der Waals surface area contributed by atoms with Crippen molar-refractivity contribution in [2.24, 2.45) is 4.99 Å². The molecular weight excluding hydrogens is 580 g/mol. The van der Waals surface area contributed by atoms with E-state index in [2.05, 4.69) is 0 Å². The quantitative estimate of drug-likeness (QED) is 0.436. The maximum atomic E-state index is 15.8. The molecule has 1 spiro atoms. The van der Waals surface area contributed by atoms with Crippen molar-refractivity contribution in [2.45, 2.75) is 122 Å². The van der Waals surface area contributed by atoms with Crippen LogP contribution in [-0.4, -0.2) is 77.1 Å². The molecule has 1 aromatic carbocycles. The molecule has 1 aliphatic carbocycles. The van der Waals surface area contributed by atoms with Crippen LogP contribution in [-0.2, 0) is 34.3 Å². The number of rotatable bonds is 2. The minimum atomic E-state index is -4.30. The minimum absolute atomic E-state index is 0.0419. The summed E-state index contributed by atoms with van der Waals surface area (Å²) in [4.78, 5) is 32.1. The first-order valence-corrected chi connectivity index (χ1v) is 15.7. The van der Waals surface area contributed by atoms with Crippen LogP contribution >= 0.6 is 0 Å². The summed E-state index contributed by atoms with van der Waals surface area (Å²) in [6.07, 6.45) is -2.01. The van der Waals surface area contributed by atoms with E-state index in [1.54, 1.807) is 41.5 Å². The Morgan fingerprint density at radius 3 is 1.84 bits per heavy atom. The topological polar surface area (TPSA) is 124 Å². The number of hydrogen-bond donors (Lipinski definition) is 0. The molecule has 14 heteroatoms. The smallest absolute Gasteiger partial charge is 0.443 e. The van der Waals surface area contributed by atoms with E-state index in [0.717, 1.165) is 4.31 Å². The molecule has 238 valence electrons. The number of imide groups is 1. The zero-order chi connectivity index (χ0) is 32.8. The number of halogens is 1. The average Bonchev–Trinajstić information content (AvgIpc) is 3.59. The molecule has 0 radical (unpaired) electrons. The molecule has 4 rings (SSSR count). The number of sulfonamides is 1. The van der Waals surface area contributed by atoms with E-state index in [-0.39, 0.29) is 18.4 Å². The van der Waals surface area contributed by atoms with E-state index in [0.29, 0.717) is 10.4 Å². The van der Waals surface area contributed by atoms with Gasteiger partial charge < -0.3 is 18.8 Å². The van der Waals surface area contributed by atoms with Gasteiger partial charge in [-0.15, -0.1) is 4.90 Å². The summed E-state index contributed by atoms with van der Waals surface area (Å²) >= 11 is 0. The van der Waals surface area contributed by atoms with Crippen LogP contribution in [0.2, 0.25) is 0 Å². The Morgan fingerprint density at radius 2 is 1.42 bits per heavy atom. The molecule has 0 unspecified atom stereocenters. The SMILES string of the molecule is CN1C(N(C(=O)OC(C)(C)C)C(=O)OC(C)(C)C)=N[C@](C)(c2cc(B3OC(C)(C)C(C)(C)O3)ccc2F)C2(CC2)S1(=O)=O. The van der Waals surface area contributed by atoms with Crippen LogP contribution in [0.1, 0.15) is 94.6 Å². The summed E-state index contributed by atoms with van der Waals surface area (Å²) < 4.78 is 66.7. The van der Waals surface area contributed by atoms with E-state index in [4.69, 9.17) is 23.8 Å². The summed E-state index contributed by atoms with van der Waals surface area (Å²) in [7, 11) is -3.95. The van der Waals surface area contributed by atoms with Crippen LogP contribution < -0.4 is 5.46 Å². The lowest BCUT2D eigenvalue weighted by Gasteiger charge is -2.44. The predicted molar refractivity (Wildman–Crippen MR) is 160 cm³/mol. The Hall–Kier alpha value is -2.71. The first-order valence-electron chi connectivity index (χ1n) is 14.3. The first kappa shape index (κ1) is 33.2. The molecule has 3 aliphatic rings. The maximum absolute atomic E-state index is 15.8. The molecule has 2 amide bonds. The Labute approximate surface area is 254 Å². The second-order valence-electron chi connectivity index (χ2n) is 14.6. The van der Waals surface area contributed by atoms with Gasteiger partial charge in [-0.1, -0.05) is 12.1 Å². The van der Waals surface area contributed by atoms with Crippen molar-refractivity contribution in [1.82, 2.24) is 9.21 Å². The number of ether oxygens (including phenoxy) is 2. The molecular formula is C29H43BFN3O8S. The van der Waals surface area contributed by atoms with Crippen molar-refractivity contribution in [1.29, 1.82) is 0 Å². The van der Waals surface area contributed by atoms with Crippen molar-refractivity contribution in [2.75, 3.05) is 7.05 Å². The van der Waals surface area contributed by atoms with Crippen LogP contribution in [0.5, 0.6) is 0 Å². The lowest BCUT2D eigenvalue weighted by Crippen LogP contribution is -2.62. The molecule has 0 aromatic heterocycles. The fourth-order valence-electron chi connectivity index (χ4n) is 5.24. The minimum Gasteiger partial charge on any atom is -0.443 e. The number of carbonyl (C=O) groups is 2. The lowest BCUT2D eigenvalue weighted by atomic mass is 9.75. The van der Waals surface area contributed by atoms with Gasteiger partial charge in [-0.25, -0.2) is 31.7 Å². The van der Waals surface area contributed by atoms with Crippen LogP contribution in [0.3, 0.4) is 0 Å². The fraction of sp³-hybridized carbons (Fsp3) is 0.690. The van der Waals surface area contributed by atoms with Gasteiger partial charge in [-0.2, -0.15) is 0 Å². The van der Waals surface area contributed by atoms with Gasteiger partial charge in [0.2, 0.25) is 16.0 Å². The largest absolute Gasteiger partial charge is 0.494 e. The number of aliphatic imine (C=N–C) groups is 1. The van der Waals surface area contributed by atoms with Gasteiger partial charge in [0.25, 0.3) is 0 Å². The molecule has 2 fully saturated rings. The van der Waals surface area contributed by atoms with Crippen molar-refractivity contribution in [3.8, 4) is 0 Å². The second-order valence-corrected chi connectivity index (χ2v) is 16.9. The Morgan fingerprint density at radius 1 is 0.953 bits per heavy atom. The molecule has 2 aliphatic heterocycles. The van der Waals surface area contributed by atoms with E-state index in [9.17, 15) is 18.0 Å². The average molecular weight is 624 g/mol. The van der Waals surface area contributed by atoms with Gasteiger partial charge in [0.05, 0.1) is 11.2 Å². The van der Waals surface area contributed by atoms with Gasteiger partial charge in [-0.05, 0) is 101 Å². The summed E-state index contributed by atoms with van der Waals surface area (Å²) in [5.74, 6) is -1.28. The van der Waals surface area contributed by atoms with Crippen LogP contribution in [0.4, 0.5) is 14.0 Å². The van der Waals surface area contributed by atoms with Gasteiger partial charge in [0.15, 0.2) is 0 Å². The van der Waals surface area contributed by atoms with Crippen LogP contribution in [0.25, 0.3) is 0 Å². The molecule has 1 aromatic rings. The third-order valence-electron chi connectivity index (χ3n) is 8.44. The van der Waals surface area contributed by atoms with Crippen molar-refractivity contribution in [3.05, 3.63) is 29.6 Å². The number of carbonyl (C=O) groups excluding carboxylic acids is 2. The molecule has 43 heavy (non-hydrogen) atoms. The number of hydrogen-bond acceptors (Lipinski definition) is 9. The summed E-state index contributed by atoms with van der Waals surface area (Å²) in [5.41, 5.74) is -4.77. The molecule has 0 N–H and O–H groups in total. The second kappa shape index (κ2) is 9.90. The highest BCUT2D eigenvalue weighted by atomic mass is 32.2. The first-order chi connectivity index (χ1) is 19.3. The van der Waals surface area contributed by atoms with Crippen molar-refractivity contribution >= 4 is 40.8 Å². The third kappa shape index (κ3) is 5.54. The standard InChI is InChI=1S/C29H43BFN3O8S/c1-24(2,3)39-22(35)34(23(36)40-25(4,5)6)21-32-28(11,29(15-16-29)43(37,38)33(21)12)19-17-18(13-14-20(19)31)30-41-26(7,8)27(9,10)42-30/h13-14,17H,15-16H2,1-12H3/t28-/m1/s1. The van der Waals surface area contributed by atoms with E-state index in [1.807, 2.05) is 27.7 Å². The highest BCUT2D eigenvalue weighted by molar-refractivity contribution is 7.91. The van der Waals surface area contributed by atoms with Gasteiger partial charge in [0, 0.05) is 12.6 Å². The van der Waals surface area contributed by atoms with E-state index < -0.39 is 73.8 Å². The number of guanidine groups is 1. The Balaban J connectivity index is 1.93. The number of benzene rings is 1. The molecule has 0 bridgehead atoms. The van der Waals surface area contributed by atoms with Crippen molar-refractivity contribution in [3.63, 3.8) is 0 Å². The zero-order valence-electron chi connectivity index (χ0n) is 27.1. The monoisotopic (exact) mass is 623 g/mol.